The number of sulfonamides is 1. The Morgan fingerprint density at radius 1 is 0.970 bits per heavy atom. The molecule has 0 saturated carbocycles. The average Bonchev–Trinajstić information content (AvgIpc) is 3.21. The van der Waals surface area contributed by atoms with Gasteiger partial charge in [-0.1, -0.05) is 12.1 Å². The Morgan fingerprint density at radius 3 is 2.45 bits per heavy atom. The summed E-state index contributed by atoms with van der Waals surface area (Å²) in [5.74, 6) is -1.84. The number of amides is 1. The first-order valence-electron chi connectivity index (χ1n) is 10.1. The van der Waals surface area contributed by atoms with Gasteiger partial charge in [-0.2, -0.15) is 0 Å². The van der Waals surface area contributed by atoms with Gasteiger partial charge >= 0.3 is 0 Å². The number of carbonyl (C=O) groups excluding carboxylic acids is 1. The van der Waals surface area contributed by atoms with Gasteiger partial charge in [0.15, 0.2) is 11.6 Å². The molecule has 4 aromatic rings. The van der Waals surface area contributed by atoms with Crippen LogP contribution in [0.5, 0.6) is 0 Å². The van der Waals surface area contributed by atoms with Crippen molar-refractivity contribution >= 4 is 32.7 Å². The molecule has 1 aromatic heterocycles. The van der Waals surface area contributed by atoms with Gasteiger partial charge in [-0.25, -0.2) is 22.2 Å². The summed E-state index contributed by atoms with van der Waals surface area (Å²) in [6, 6.07) is 15.8. The third-order valence-electron chi connectivity index (χ3n) is 4.92. The molecule has 0 aliphatic heterocycles. The van der Waals surface area contributed by atoms with Crippen LogP contribution in [0, 0.1) is 11.6 Å². The van der Waals surface area contributed by atoms with Crippen molar-refractivity contribution in [3.8, 4) is 0 Å². The van der Waals surface area contributed by atoms with Crippen molar-refractivity contribution < 1.29 is 22.0 Å². The van der Waals surface area contributed by atoms with Crippen LogP contribution in [-0.2, 0) is 16.4 Å². The van der Waals surface area contributed by atoms with Crippen molar-refractivity contribution in [2.45, 2.75) is 17.7 Å². The van der Waals surface area contributed by atoms with Crippen LogP contribution in [0.15, 0.2) is 71.6 Å². The van der Waals surface area contributed by atoms with E-state index in [1.807, 2.05) is 24.3 Å². The third-order valence-corrected chi connectivity index (χ3v) is 6.29. The van der Waals surface area contributed by atoms with E-state index < -0.39 is 26.6 Å². The van der Waals surface area contributed by atoms with Crippen LogP contribution in [0.4, 0.5) is 14.5 Å². The molecule has 170 valence electrons. The molecular formula is C23H20F2N4O3S. The standard InChI is InChI=1S/C23H20F2N4O3S/c24-18-12-11-17(14-19(18)25)33(31,32)29-16-9-7-15(8-10-16)23(30)26-13-3-6-22-27-20-4-1-2-5-21(20)28-22/h1-2,4-5,7-12,14,29H,3,6,13H2,(H,26,30)(H,27,28). The molecule has 0 fully saturated rings. The number of hydrogen-bond acceptors (Lipinski definition) is 4. The number of fused-ring (bicyclic) bond motifs is 1. The van der Waals surface area contributed by atoms with Gasteiger partial charge in [-0.15, -0.1) is 0 Å². The molecule has 0 unspecified atom stereocenters. The van der Waals surface area contributed by atoms with E-state index >= 15 is 0 Å². The first-order chi connectivity index (χ1) is 15.8. The number of carbonyl (C=O) groups is 1. The molecule has 0 atom stereocenters. The number of hydrogen-bond donors (Lipinski definition) is 3. The van der Waals surface area contributed by atoms with Crippen molar-refractivity contribution in [1.29, 1.82) is 0 Å². The fourth-order valence-corrected chi connectivity index (χ4v) is 4.30. The summed E-state index contributed by atoms with van der Waals surface area (Å²) in [4.78, 5) is 19.7. The Morgan fingerprint density at radius 2 is 1.73 bits per heavy atom. The smallest absolute Gasteiger partial charge is 0.261 e. The summed E-state index contributed by atoms with van der Waals surface area (Å²) in [6.45, 7) is 0.445. The molecule has 1 amide bonds. The molecule has 1 heterocycles. The van der Waals surface area contributed by atoms with Crippen molar-refractivity contribution in [2.24, 2.45) is 0 Å². The van der Waals surface area contributed by atoms with E-state index in [0.717, 1.165) is 29.0 Å². The normalized spacial score (nSPS) is 11.5. The minimum Gasteiger partial charge on any atom is -0.352 e. The maximum absolute atomic E-state index is 13.3. The number of rotatable bonds is 8. The van der Waals surface area contributed by atoms with Crippen molar-refractivity contribution in [3.05, 3.63) is 89.8 Å². The van der Waals surface area contributed by atoms with Gasteiger partial charge in [0.2, 0.25) is 0 Å². The lowest BCUT2D eigenvalue weighted by atomic mass is 10.2. The molecule has 7 nitrogen and oxygen atoms in total. The Labute approximate surface area is 188 Å². The first kappa shape index (κ1) is 22.4. The Hall–Kier alpha value is -3.79. The SMILES string of the molecule is O=C(NCCCc1nc2ccccc2[nH]1)c1ccc(NS(=O)(=O)c2ccc(F)c(F)c2)cc1. The second-order valence-electron chi connectivity index (χ2n) is 7.32. The molecule has 3 aromatic carbocycles. The topological polar surface area (TPSA) is 104 Å². The molecule has 0 spiro atoms. The second-order valence-corrected chi connectivity index (χ2v) is 9.00. The molecule has 10 heteroatoms. The quantitative estimate of drug-likeness (QED) is 0.339. The molecule has 0 aliphatic carbocycles. The number of H-pyrrole nitrogens is 1. The number of aryl methyl sites for hydroxylation is 1. The zero-order valence-corrected chi connectivity index (χ0v) is 18.1. The van der Waals surface area contributed by atoms with Gasteiger partial charge < -0.3 is 10.3 Å². The zero-order chi connectivity index (χ0) is 23.4. The maximum atomic E-state index is 13.3. The van der Waals surface area contributed by atoms with Gasteiger partial charge in [0.05, 0.1) is 15.9 Å². The summed E-state index contributed by atoms with van der Waals surface area (Å²) in [6.07, 6.45) is 1.37. The highest BCUT2D eigenvalue weighted by Gasteiger charge is 2.17. The fourth-order valence-electron chi connectivity index (χ4n) is 3.23. The number of nitrogens with zero attached hydrogens (tertiary/aromatic N) is 1. The molecule has 33 heavy (non-hydrogen) atoms. The summed E-state index contributed by atoms with van der Waals surface area (Å²) >= 11 is 0. The average molecular weight is 471 g/mol. The fraction of sp³-hybridized carbons (Fsp3) is 0.130. The highest BCUT2D eigenvalue weighted by molar-refractivity contribution is 7.92. The summed E-state index contributed by atoms with van der Waals surface area (Å²) in [5, 5.41) is 2.81. The van der Waals surface area contributed by atoms with Crippen molar-refractivity contribution in [3.63, 3.8) is 0 Å². The lowest BCUT2D eigenvalue weighted by Gasteiger charge is -2.09. The van der Waals surface area contributed by atoms with Gasteiger partial charge in [0.1, 0.15) is 5.82 Å². The minimum atomic E-state index is -4.11. The predicted molar refractivity (Wildman–Crippen MR) is 120 cm³/mol. The third kappa shape index (κ3) is 5.35. The first-order valence-corrected chi connectivity index (χ1v) is 11.6. The molecule has 0 bridgehead atoms. The molecule has 3 N–H and O–H groups in total. The van der Waals surface area contributed by atoms with Gasteiger partial charge in [0.25, 0.3) is 15.9 Å². The lowest BCUT2D eigenvalue weighted by molar-refractivity contribution is 0.0953. The summed E-state index contributed by atoms with van der Waals surface area (Å²) in [5.41, 5.74) is 2.41. The van der Waals surface area contributed by atoms with Crippen LogP contribution in [0.3, 0.4) is 0 Å². The number of benzene rings is 3. The minimum absolute atomic E-state index is 0.182. The monoisotopic (exact) mass is 470 g/mol. The number of halogens is 2. The summed E-state index contributed by atoms with van der Waals surface area (Å²) in [7, 11) is -4.11. The number of nitrogens with one attached hydrogen (secondary N) is 3. The summed E-state index contributed by atoms with van der Waals surface area (Å²) < 4.78 is 53.3. The van der Waals surface area contributed by atoms with Crippen LogP contribution < -0.4 is 10.0 Å². The van der Waals surface area contributed by atoms with Crippen molar-refractivity contribution in [2.75, 3.05) is 11.3 Å². The molecule has 0 radical (unpaired) electrons. The van der Waals surface area contributed by atoms with E-state index in [-0.39, 0.29) is 11.6 Å². The van der Waals surface area contributed by atoms with Crippen molar-refractivity contribution in [1.82, 2.24) is 15.3 Å². The van der Waals surface area contributed by atoms with E-state index in [4.69, 9.17) is 0 Å². The Kier molecular flexibility index (Phi) is 6.36. The van der Waals surface area contributed by atoms with Crippen LogP contribution in [-0.4, -0.2) is 30.8 Å². The number of aromatic amines is 1. The van der Waals surface area contributed by atoms with Crippen LogP contribution in [0.2, 0.25) is 0 Å². The van der Waals surface area contributed by atoms with Crippen LogP contribution in [0.1, 0.15) is 22.6 Å². The zero-order valence-electron chi connectivity index (χ0n) is 17.3. The van der Waals surface area contributed by atoms with Crippen LogP contribution >= 0.6 is 0 Å². The van der Waals surface area contributed by atoms with Gasteiger partial charge in [-0.3, -0.25) is 9.52 Å². The number of para-hydroxylation sites is 2. The predicted octanol–water partition coefficient (Wildman–Crippen LogP) is 4.00. The van der Waals surface area contributed by atoms with E-state index in [9.17, 15) is 22.0 Å². The Balaban J connectivity index is 1.29. The van der Waals surface area contributed by atoms with Gasteiger partial charge in [-0.05, 0) is 61.0 Å². The molecular weight excluding hydrogens is 450 g/mol. The maximum Gasteiger partial charge on any atom is 0.261 e. The van der Waals surface area contributed by atoms with E-state index in [1.165, 1.54) is 24.3 Å². The van der Waals surface area contributed by atoms with E-state index in [1.54, 1.807) is 0 Å². The number of anilines is 1. The molecule has 0 saturated heterocycles. The van der Waals surface area contributed by atoms with E-state index in [2.05, 4.69) is 20.0 Å². The highest BCUT2D eigenvalue weighted by atomic mass is 32.2. The lowest BCUT2D eigenvalue weighted by Crippen LogP contribution is -2.24. The van der Waals surface area contributed by atoms with Crippen LogP contribution in [0.25, 0.3) is 11.0 Å². The molecule has 0 aliphatic rings. The number of aromatic nitrogens is 2. The van der Waals surface area contributed by atoms with E-state index in [0.29, 0.717) is 31.0 Å². The second kappa shape index (κ2) is 9.37. The van der Waals surface area contributed by atoms with Gasteiger partial charge in [0, 0.05) is 24.2 Å². The number of imidazole rings is 1. The Bertz CT molecular complexity index is 1370. The largest absolute Gasteiger partial charge is 0.352 e. The highest BCUT2D eigenvalue weighted by Crippen LogP contribution is 2.19. The molecule has 4 rings (SSSR count).